The summed E-state index contributed by atoms with van der Waals surface area (Å²) in [7, 11) is 0. The van der Waals surface area contributed by atoms with Crippen molar-refractivity contribution in [3.05, 3.63) is 41.7 Å². The van der Waals surface area contributed by atoms with E-state index in [1.807, 2.05) is 29.3 Å². The highest BCUT2D eigenvalue weighted by Gasteiger charge is 2.27. The maximum atomic E-state index is 12.5. The van der Waals surface area contributed by atoms with Gasteiger partial charge >= 0.3 is 0 Å². The van der Waals surface area contributed by atoms with Gasteiger partial charge in [-0.25, -0.2) is 9.97 Å². The molecule has 1 unspecified atom stereocenters. The molecule has 0 aliphatic carbocycles. The number of para-hydroxylation sites is 1. The lowest BCUT2D eigenvalue weighted by atomic mass is 10.1. The average Bonchev–Trinajstić information content (AvgIpc) is 3.42. The molecule has 9 heteroatoms. The van der Waals surface area contributed by atoms with Gasteiger partial charge in [0.15, 0.2) is 0 Å². The van der Waals surface area contributed by atoms with Crippen molar-refractivity contribution in [1.29, 1.82) is 0 Å². The standard InChI is InChI=1S/C22H26ClN7O/c23-18-12-26-22(28-21(18)17-11-25-19-4-2-1-3-16(17)19)27-15-5-8-29(13-15)14-20(31)30-9-6-24-7-10-30/h1-4,11-12,15,24-25H,5-10,13-14H2,(H,26,27,28). The minimum absolute atomic E-state index is 0.202. The van der Waals surface area contributed by atoms with Crippen molar-refractivity contribution >= 4 is 34.4 Å². The van der Waals surface area contributed by atoms with E-state index in [0.29, 0.717) is 23.2 Å². The average molecular weight is 440 g/mol. The first-order chi connectivity index (χ1) is 15.2. The normalized spacial score (nSPS) is 19.8. The SMILES string of the molecule is O=C(CN1CCC(Nc2ncc(Cl)c(-c3c[nH]c4ccccc34)n2)C1)N1CCNCC1. The summed E-state index contributed by atoms with van der Waals surface area (Å²) >= 11 is 6.44. The summed E-state index contributed by atoms with van der Waals surface area (Å²) < 4.78 is 0. The molecule has 4 heterocycles. The fraction of sp³-hybridized carbons (Fsp3) is 0.409. The molecule has 8 nitrogen and oxygen atoms in total. The van der Waals surface area contributed by atoms with Gasteiger partial charge in [0.2, 0.25) is 11.9 Å². The topological polar surface area (TPSA) is 89.2 Å². The highest BCUT2D eigenvalue weighted by molar-refractivity contribution is 6.33. The number of carbonyl (C=O) groups is 1. The van der Waals surface area contributed by atoms with Crippen molar-refractivity contribution in [2.45, 2.75) is 12.5 Å². The molecule has 5 rings (SSSR count). The van der Waals surface area contributed by atoms with E-state index in [1.165, 1.54) is 0 Å². The summed E-state index contributed by atoms with van der Waals surface area (Å²) in [6, 6.07) is 8.28. The van der Waals surface area contributed by atoms with Gasteiger partial charge in [-0.1, -0.05) is 29.8 Å². The fourth-order valence-electron chi connectivity index (χ4n) is 4.38. The second kappa shape index (κ2) is 8.82. The molecule has 2 fully saturated rings. The van der Waals surface area contributed by atoms with E-state index >= 15 is 0 Å². The summed E-state index contributed by atoms with van der Waals surface area (Å²) in [6.07, 6.45) is 4.53. The predicted molar refractivity (Wildman–Crippen MR) is 122 cm³/mol. The predicted octanol–water partition coefficient (Wildman–Crippen LogP) is 2.20. The molecular formula is C22H26ClN7O. The lowest BCUT2D eigenvalue weighted by Crippen LogP contribution is -2.49. The summed E-state index contributed by atoms with van der Waals surface area (Å²) in [6.45, 7) is 5.50. The molecule has 1 aromatic carbocycles. The second-order valence-corrected chi connectivity index (χ2v) is 8.54. The largest absolute Gasteiger partial charge is 0.360 e. The fourth-order valence-corrected chi connectivity index (χ4v) is 4.57. The number of hydrogen-bond donors (Lipinski definition) is 3. The lowest BCUT2D eigenvalue weighted by molar-refractivity contribution is -0.132. The first-order valence-corrected chi connectivity index (χ1v) is 11.1. The maximum absolute atomic E-state index is 12.5. The number of amides is 1. The van der Waals surface area contributed by atoms with Crippen LogP contribution in [0.4, 0.5) is 5.95 Å². The molecule has 0 bridgehead atoms. The first kappa shape index (κ1) is 20.2. The van der Waals surface area contributed by atoms with Crippen LogP contribution in [0.15, 0.2) is 36.7 Å². The van der Waals surface area contributed by atoms with Crippen LogP contribution in [0, 0.1) is 0 Å². The van der Waals surface area contributed by atoms with E-state index in [0.717, 1.165) is 62.2 Å². The number of likely N-dealkylation sites (tertiary alicyclic amines) is 1. The molecule has 2 saturated heterocycles. The van der Waals surface area contributed by atoms with E-state index in [1.54, 1.807) is 6.20 Å². The van der Waals surface area contributed by atoms with Crippen LogP contribution < -0.4 is 10.6 Å². The van der Waals surface area contributed by atoms with Crippen LogP contribution in [0.5, 0.6) is 0 Å². The maximum Gasteiger partial charge on any atom is 0.236 e. The Kier molecular flexibility index (Phi) is 5.76. The number of rotatable bonds is 5. The molecule has 2 aliphatic heterocycles. The Hall–Kier alpha value is -2.68. The summed E-state index contributed by atoms with van der Waals surface area (Å²) in [5, 5.41) is 8.31. The summed E-state index contributed by atoms with van der Waals surface area (Å²) in [5.74, 6) is 0.775. The molecule has 2 aromatic heterocycles. The van der Waals surface area contributed by atoms with Gasteiger partial charge < -0.3 is 20.5 Å². The number of nitrogens with one attached hydrogen (secondary N) is 3. The van der Waals surface area contributed by atoms with Crippen LogP contribution in [0.2, 0.25) is 5.02 Å². The lowest BCUT2D eigenvalue weighted by Gasteiger charge is -2.29. The molecule has 1 atom stereocenters. The van der Waals surface area contributed by atoms with Gasteiger partial charge in [0.25, 0.3) is 0 Å². The third kappa shape index (κ3) is 4.37. The van der Waals surface area contributed by atoms with Gasteiger partial charge in [-0.05, 0) is 12.5 Å². The van der Waals surface area contributed by atoms with E-state index in [2.05, 4.69) is 31.6 Å². The van der Waals surface area contributed by atoms with Crippen molar-refractivity contribution in [2.24, 2.45) is 0 Å². The molecule has 3 aromatic rings. The monoisotopic (exact) mass is 439 g/mol. The molecule has 3 N–H and O–H groups in total. The Balaban J connectivity index is 1.25. The van der Waals surface area contributed by atoms with Crippen LogP contribution in [0.1, 0.15) is 6.42 Å². The Bertz CT molecular complexity index is 1080. The molecule has 0 saturated carbocycles. The molecule has 31 heavy (non-hydrogen) atoms. The second-order valence-electron chi connectivity index (χ2n) is 8.13. The number of piperazine rings is 1. The van der Waals surface area contributed by atoms with Gasteiger partial charge in [0.1, 0.15) is 0 Å². The zero-order chi connectivity index (χ0) is 21.2. The van der Waals surface area contributed by atoms with Crippen LogP contribution in [-0.2, 0) is 4.79 Å². The third-order valence-corrected chi connectivity index (χ3v) is 6.30. The van der Waals surface area contributed by atoms with E-state index in [-0.39, 0.29) is 11.9 Å². The number of benzene rings is 1. The molecule has 0 radical (unpaired) electrons. The van der Waals surface area contributed by atoms with Gasteiger partial charge in [0.05, 0.1) is 23.5 Å². The van der Waals surface area contributed by atoms with Crippen molar-refractivity contribution in [3.8, 4) is 11.3 Å². The Morgan fingerprint density at radius 2 is 2.06 bits per heavy atom. The zero-order valence-corrected chi connectivity index (χ0v) is 18.0. The number of aromatic nitrogens is 3. The van der Waals surface area contributed by atoms with Crippen molar-refractivity contribution in [1.82, 2.24) is 30.1 Å². The number of anilines is 1. The van der Waals surface area contributed by atoms with Crippen LogP contribution in [-0.4, -0.2) is 82.5 Å². The molecule has 162 valence electrons. The minimum atomic E-state index is 0.202. The number of nitrogens with zero attached hydrogens (tertiary/aromatic N) is 4. The molecular weight excluding hydrogens is 414 g/mol. The van der Waals surface area contributed by atoms with Crippen LogP contribution in [0.25, 0.3) is 22.2 Å². The number of halogens is 1. The highest BCUT2D eigenvalue weighted by Crippen LogP contribution is 2.32. The highest BCUT2D eigenvalue weighted by atomic mass is 35.5. The first-order valence-electron chi connectivity index (χ1n) is 10.7. The van der Waals surface area contributed by atoms with Crippen LogP contribution >= 0.6 is 11.6 Å². The molecule has 0 spiro atoms. The van der Waals surface area contributed by atoms with Crippen LogP contribution in [0.3, 0.4) is 0 Å². The minimum Gasteiger partial charge on any atom is -0.360 e. The Morgan fingerprint density at radius 1 is 1.23 bits per heavy atom. The number of hydrogen-bond acceptors (Lipinski definition) is 6. The molecule has 2 aliphatic rings. The smallest absolute Gasteiger partial charge is 0.236 e. The third-order valence-electron chi connectivity index (χ3n) is 6.02. The molecule has 1 amide bonds. The number of fused-ring (bicyclic) bond motifs is 1. The number of H-pyrrole nitrogens is 1. The quantitative estimate of drug-likeness (QED) is 0.564. The van der Waals surface area contributed by atoms with Crippen molar-refractivity contribution in [2.75, 3.05) is 51.1 Å². The Morgan fingerprint density at radius 3 is 2.94 bits per heavy atom. The van der Waals surface area contributed by atoms with Gasteiger partial charge in [-0.2, -0.15) is 0 Å². The Labute approximate surface area is 186 Å². The van der Waals surface area contributed by atoms with Gasteiger partial charge in [-0.15, -0.1) is 0 Å². The van der Waals surface area contributed by atoms with Gasteiger partial charge in [0, 0.05) is 68.0 Å². The summed E-state index contributed by atoms with van der Waals surface area (Å²) in [5.41, 5.74) is 2.71. The van der Waals surface area contributed by atoms with Crippen molar-refractivity contribution < 1.29 is 4.79 Å². The van der Waals surface area contributed by atoms with Crippen molar-refractivity contribution in [3.63, 3.8) is 0 Å². The van der Waals surface area contributed by atoms with E-state index in [4.69, 9.17) is 16.6 Å². The summed E-state index contributed by atoms with van der Waals surface area (Å²) in [4.78, 5) is 29.1. The van der Waals surface area contributed by atoms with E-state index in [9.17, 15) is 4.79 Å². The van der Waals surface area contributed by atoms with E-state index < -0.39 is 0 Å². The zero-order valence-electron chi connectivity index (χ0n) is 17.3. The number of aromatic amines is 1. The van der Waals surface area contributed by atoms with Gasteiger partial charge in [-0.3, -0.25) is 9.69 Å². The number of carbonyl (C=O) groups excluding carboxylic acids is 1.